The molecule has 0 aromatic carbocycles. The molecule has 0 saturated heterocycles. The molecular weight excluding hydrogens is 214 g/mol. The average Bonchev–Trinajstić information content (AvgIpc) is 2.73. The highest BCUT2D eigenvalue weighted by molar-refractivity contribution is 5.74. The molecule has 3 rings (SSSR count). The fraction of sp³-hybridized carbons (Fsp3) is 0.583. The van der Waals surface area contributed by atoms with Gasteiger partial charge in [-0.3, -0.25) is 0 Å². The van der Waals surface area contributed by atoms with E-state index in [4.69, 9.17) is 5.73 Å². The van der Waals surface area contributed by atoms with Gasteiger partial charge in [0.05, 0.1) is 11.6 Å². The second-order valence-corrected chi connectivity index (χ2v) is 4.84. The van der Waals surface area contributed by atoms with Crippen molar-refractivity contribution in [3.63, 3.8) is 0 Å². The molecule has 1 fully saturated rings. The minimum absolute atomic E-state index is 0.322. The Morgan fingerprint density at radius 3 is 2.88 bits per heavy atom. The Morgan fingerprint density at radius 1 is 1.24 bits per heavy atom. The molecule has 0 unspecified atom stereocenters. The van der Waals surface area contributed by atoms with Gasteiger partial charge in [-0.1, -0.05) is 19.3 Å². The summed E-state index contributed by atoms with van der Waals surface area (Å²) in [4.78, 5) is 8.25. The van der Waals surface area contributed by atoms with Crippen LogP contribution in [-0.2, 0) is 6.54 Å². The van der Waals surface area contributed by atoms with E-state index in [9.17, 15) is 0 Å². The zero-order valence-corrected chi connectivity index (χ0v) is 9.84. The van der Waals surface area contributed by atoms with E-state index in [-0.39, 0.29) is 0 Å². The molecular formula is C12H17N5. The lowest BCUT2D eigenvalue weighted by Crippen LogP contribution is -2.15. The number of hydrogen-bond donors (Lipinski definition) is 1. The van der Waals surface area contributed by atoms with Crippen molar-refractivity contribution in [3.05, 3.63) is 12.4 Å². The van der Waals surface area contributed by atoms with Crippen LogP contribution in [0.2, 0.25) is 0 Å². The first-order valence-electron chi connectivity index (χ1n) is 6.27. The molecule has 90 valence electrons. The summed E-state index contributed by atoms with van der Waals surface area (Å²) in [7, 11) is 0. The van der Waals surface area contributed by atoms with E-state index >= 15 is 0 Å². The van der Waals surface area contributed by atoms with Gasteiger partial charge in [0, 0.05) is 12.7 Å². The van der Waals surface area contributed by atoms with Crippen molar-refractivity contribution < 1.29 is 0 Å². The molecule has 1 saturated carbocycles. The molecule has 17 heavy (non-hydrogen) atoms. The highest BCUT2D eigenvalue weighted by Crippen LogP contribution is 2.25. The lowest BCUT2D eigenvalue weighted by molar-refractivity contribution is 0.311. The van der Waals surface area contributed by atoms with Crippen molar-refractivity contribution in [1.82, 2.24) is 19.7 Å². The molecule has 5 nitrogen and oxygen atoms in total. The molecule has 2 aromatic heterocycles. The summed E-state index contributed by atoms with van der Waals surface area (Å²) in [5.41, 5.74) is 6.49. The molecule has 0 spiro atoms. The molecule has 2 N–H and O–H groups in total. The molecule has 2 aromatic rings. The van der Waals surface area contributed by atoms with Crippen molar-refractivity contribution in [3.8, 4) is 0 Å². The molecule has 0 bridgehead atoms. The van der Waals surface area contributed by atoms with Gasteiger partial charge in [0.1, 0.15) is 0 Å². The number of nitrogens with zero attached hydrogens (tertiary/aromatic N) is 4. The minimum atomic E-state index is 0.322. The van der Waals surface area contributed by atoms with E-state index in [1.807, 2.05) is 10.9 Å². The third kappa shape index (κ3) is 2.09. The van der Waals surface area contributed by atoms with E-state index in [1.54, 1.807) is 6.20 Å². The first-order valence-corrected chi connectivity index (χ1v) is 6.27. The topological polar surface area (TPSA) is 69.6 Å². The summed E-state index contributed by atoms with van der Waals surface area (Å²) >= 11 is 0. The van der Waals surface area contributed by atoms with Crippen molar-refractivity contribution in [2.75, 3.05) is 5.73 Å². The number of nitrogen functional groups attached to an aromatic ring is 1. The van der Waals surface area contributed by atoms with Gasteiger partial charge in [-0.25, -0.2) is 9.67 Å². The second-order valence-electron chi connectivity index (χ2n) is 4.84. The Labute approximate surface area is 100 Å². The van der Waals surface area contributed by atoms with E-state index < -0.39 is 0 Å². The van der Waals surface area contributed by atoms with Crippen molar-refractivity contribution in [2.24, 2.45) is 5.92 Å². The van der Waals surface area contributed by atoms with Crippen molar-refractivity contribution >= 4 is 17.0 Å². The predicted octanol–water partition coefficient (Wildman–Crippen LogP) is 1.99. The van der Waals surface area contributed by atoms with E-state index in [2.05, 4.69) is 15.1 Å². The van der Waals surface area contributed by atoms with Crippen LogP contribution in [0.25, 0.3) is 11.0 Å². The summed E-state index contributed by atoms with van der Waals surface area (Å²) < 4.78 is 1.98. The van der Waals surface area contributed by atoms with Crippen LogP contribution in [0.4, 0.5) is 5.95 Å². The summed E-state index contributed by atoms with van der Waals surface area (Å²) in [6.45, 7) is 0.958. The van der Waals surface area contributed by atoms with Crippen LogP contribution in [-0.4, -0.2) is 19.7 Å². The third-order valence-corrected chi connectivity index (χ3v) is 3.55. The number of anilines is 1. The molecule has 0 radical (unpaired) electrons. The molecule has 1 aliphatic carbocycles. The number of fused-ring (bicyclic) bond motifs is 1. The fourth-order valence-electron chi connectivity index (χ4n) is 2.63. The summed E-state index contributed by atoms with van der Waals surface area (Å²) in [5.74, 6) is 1.06. The lowest BCUT2D eigenvalue weighted by atomic mass is 9.89. The van der Waals surface area contributed by atoms with Gasteiger partial charge >= 0.3 is 0 Å². The van der Waals surface area contributed by atoms with Gasteiger partial charge < -0.3 is 5.73 Å². The standard InChI is InChI=1S/C12H17N5/c13-12-14-6-10-7-15-17(11(10)16-12)8-9-4-2-1-3-5-9/h6-7,9H,1-5,8H2,(H2,13,14,16). The zero-order valence-electron chi connectivity index (χ0n) is 9.84. The number of hydrogen-bond acceptors (Lipinski definition) is 4. The Kier molecular flexibility index (Phi) is 2.66. The highest BCUT2D eigenvalue weighted by Gasteiger charge is 2.16. The van der Waals surface area contributed by atoms with Gasteiger partial charge in [-0.05, 0) is 18.8 Å². The number of rotatable bonds is 2. The molecule has 1 aliphatic rings. The van der Waals surface area contributed by atoms with Gasteiger partial charge in [0.2, 0.25) is 5.95 Å². The Bertz CT molecular complexity index is 513. The fourth-order valence-corrected chi connectivity index (χ4v) is 2.63. The highest BCUT2D eigenvalue weighted by atomic mass is 15.3. The SMILES string of the molecule is Nc1ncc2cnn(CC3CCCCC3)c2n1. The monoisotopic (exact) mass is 231 g/mol. The smallest absolute Gasteiger partial charge is 0.222 e. The van der Waals surface area contributed by atoms with Crippen LogP contribution in [0.3, 0.4) is 0 Å². The van der Waals surface area contributed by atoms with Crippen LogP contribution in [0.15, 0.2) is 12.4 Å². The predicted molar refractivity (Wildman–Crippen MR) is 66.3 cm³/mol. The molecule has 0 atom stereocenters. The number of nitrogens with two attached hydrogens (primary N) is 1. The first kappa shape index (κ1) is 10.5. The maximum Gasteiger partial charge on any atom is 0.222 e. The van der Waals surface area contributed by atoms with Gasteiger partial charge in [0.15, 0.2) is 5.65 Å². The molecule has 0 amide bonds. The quantitative estimate of drug-likeness (QED) is 0.858. The first-order chi connectivity index (χ1) is 8.33. The van der Waals surface area contributed by atoms with Gasteiger partial charge in [0.25, 0.3) is 0 Å². The van der Waals surface area contributed by atoms with Crippen molar-refractivity contribution in [1.29, 1.82) is 0 Å². The van der Waals surface area contributed by atoms with E-state index in [1.165, 1.54) is 32.1 Å². The van der Waals surface area contributed by atoms with Crippen molar-refractivity contribution in [2.45, 2.75) is 38.6 Å². The van der Waals surface area contributed by atoms with Gasteiger partial charge in [-0.2, -0.15) is 10.1 Å². The number of aromatic nitrogens is 4. The maximum atomic E-state index is 5.62. The largest absolute Gasteiger partial charge is 0.368 e. The van der Waals surface area contributed by atoms with E-state index in [0.29, 0.717) is 5.95 Å². The second kappa shape index (κ2) is 4.31. The molecule has 2 heterocycles. The van der Waals surface area contributed by atoms with E-state index in [0.717, 1.165) is 23.5 Å². The third-order valence-electron chi connectivity index (χ3n) is 3.55. The molecule has 0 aliphatic heterocycles. The summed E-state index contributed by atoms with van der Waals surface area (Å²) in [6.07, 6.45) is 10.2. The lowest BCUT2D eigenvalue weighted by Gasteiger charge is -2.21. The molecule has 5 heteroatoms. The van der Waals surface area contributed by atoms with Crippen LogP contribution < -0.4 is 5.73 Å². The zero-order chi connectivity index (χ0) is 11.7. The Hall–Kier alpha value is -1.65. The maximum absolute atomic E-state index is 5.62. The van der Waals surface area contributed by atoms with Gasteiger partial charge in [-0.15, -0.1) is 0 Å². The van der Waals surface area contributed by atoms with Crippen LogP contribution >= 0.6 is 0 Å². The van der Waals surface area contributed by atoms with Crippen LogP contribution in [0.1, 0.15) is 32.1 Å². The summed E-state index contributed by atoms with van der Waals surface area (Å²) in [6, 6.07) is 0. The summed E-state index contributed by atoms with van der Waals surface area (Å²) in [5, 5.41) is 5.36. The van der Waals surface area contributed by atoms with Crippen LogP contribution in [0, 0.1) is 5.92 Å². The Balaban J connectivity index is 1.86. The average molecular weight is 231 g/mol. The normalized spacial score (nSPS) is 17.6. The Morgan fingerprint density at radius 2 is 2.06 bits per heavy atom. The minimum Gasteiger partial charge on any atom is -0.368 e. The van der Waals surface area contributed by atoms with Crippen LogP contribution in [0.5, 0.6) is 0 Å².